The minimum atomic E-state index is 0.169. The van der Waals surface area contributed by atoms with Gasteiger partial charge in [0.05, 0.1) is 13.3 Å². The summed E-state index contributed by atoms with van der Waals surface area (Å²) in [5.41, 5.74) is 1.33. The number of hydrogen-bond donors (Lipinski definition) is 0. The van der Waals surface area contributed by atoms with Crippen molar-refractivity contribution >= 4 is 22.6 Å². The van der Waals surface area contributed by atoms with Crippen LogP contribution in [0.2, 0.25) is 5.28 Å². The molecule has 2 aromatic rings. The standard InChI is InChI=1S/C9H11ClN4O/c1-5(2)14-4-6-7(13-14)8(15-3)12-9(10)11-6/h4-5H,1-3H3. The third-order valence-corrected chi connectivity index (χ3v) is 2.21. The van der Waals surface area contributed by atoms with Crippen LogP contribution in [0.1, 0.15) is 19.9 Å². The van der Waals surface area contributed by atoms with E-state index in [2.05, 4.69) is 15.1 Å². The van der Waals surface area contributed by atoms with Crippen molar-refractivity contribution in [3.05, 3.63) is 11.5 Å². The van der Waals surface area contributed by atoms with Crippen LogP contribution in [0.5, 0.6) is 5.88 Å². The van der Waals surface area contributed by atoms with Gasteiger partial charge >= 0.3 is 0 Å². The maximum absolute atomic E-state index is 5.75. The molecule has 0 radical (unpaired) electrons. The van der Waals surface area contributed by atoms with Gasteiger partial charge in [0.2, 0.25) is 11.2 Å². The first-order valence-corrected chi connectivity index (χ1v) is 4.96. The number of methoxy groups -OCH3 is 1. The first kappa shape index (κ1) is 10.2. The van der Waals surface area contributed by atoms with Gasteiger partial charge in [0, 0.05) is 6.04 Å². The van der Waals surface area contributed by atoms with E-state index < -0.39 is 0 Å². The Kier molecular flexibility index (Phi) is 2.48. The summed E-state index contributed by atoms with van der Waals surface area (Å²) in [5, 5.41) is 4.50. The summed E-state index contributed by atoms with van der Waals surface area (Å²) in [5.74, 6) is 0.407. The highest BCUT2D eigenvalue weighted by atomic mass is 35.5. The molecule has 0 saturated heterocycles. The third-order valence-electron chi connectivity index (χ3n) is 2.04. The second-order valence-electron chi connectivity index (χ2n) is 3.44. The largest absolute Gasteiger partial charge is 0.479 e. The summed E-state index contributed by atoms with van der Waals surface area (Å²) >= 11 is 5.75. The van der Waals surface area contributed by atoms with Crippen molar-refractivity contribution in [2.24, 2.45) is 0 Å². The number of aromatic nitrogens is 4. The molecule has 0 bridgehead atoms. The fraction of sp³-hybridized carbons (Fsp3) is 0.444. The average Bonchev–Trinajstić information content (AvgIpc) is 2.59. The van der Waals surface area contributed by atoms with Crippen LogP contribution in [0.3, 0.4) is 0 Å². The topological polar surface area (TPSA) is 52.8 Å². The van der Waals surface area contributed by atoms with Gasteiger partial charge in [-0.15, -0.1) is 0 Å². The molecule has 2 aromatic heterocycles. The number of fused-ring (bicyclic) bond motifs is 1. The molecule has 0 fully saturated rings. The summed E-state index contributed by atoms with van der Waals surface area (Å²) in [6.45, 7) is 4.07. The third kappa shape index (κ3) is 1.74. The number of halogens is 1. The quantitative estimate of drug-likeness (QED) is 0.736. The number of ether oxygens (including phenoxy) is 1. The highest BCUT2D eigenvalue weighted by molar-refractivity contribution is 6.28. The summed E-state index contributed by atoms with van der Waals surface area (Å²) in [6.07, 6.45) is 1.83. The SMILES string of the molecule is COc1nc(Cl)nc2cn(C(C)C)nc12. The van der Waals surface area contributed by atoms with Crippen LogP contribution in [0, 0.1) is 0 Å². The van der Waals surface area contributed by atoms with E-state index in [4.69, 9.17) is 16.3 Å². The zero-order valence-electron chi connectivity index (χ0n) is 8.73. The number of hydrogen-bond acceptors (Lipinski definition) is 4. The predicted octanol–water partition coefficient (Wildman–Crippen LogP) is 2.07. The van der Waals surface area contributed by atoms with Gasteiger partial charge in [0.1, 0.15) is 5.52 Å². The van der Waals surface area contributed by atoms with Crippen molar-refractivity contribution in [1.29, 1.82) is 0 Å². The molecule has 0 aliphatic rings. The van der Waals surface area contributed by atoms with Gasteiger partial charge in [0.15, 0.2) is 5.52 Å². The zero-order valence-corrected chi connectivity index (χ0v) is 9.49. The van der Waals surface area contributed by atoms with Crippen molar-refractivity contribution in [1.82, 2.24) is 19.7 Å². The van der Waals surface area contributed by atoms with Crippen molar-refractivity contribution in [3.8, 4) is 5.88 Å². The van der Waals surface area contributed by atoms with E-state index in [1.54, 1.807) is 4.68 Å². The van der Waals surface area contributed by atoms with Crippen LogP contribution in [0.25, 0.3) is 11.0 Å². The molecule has 0 unspecified atom stereocenters. The van der Waals surface area contributed by atoms with E-state index in [-0.39, 0.29) is 11.3 Å². The Morgan fingerprint density at radius 2 is 2.13 bits per heavy atom. The van der Waals surface area contributed by atoms with Crippen molar-refractivity contribution in [3.63, 3.8) is 0 Å². The van der Waals surface area contributed by atoms with Gasteiger partial charge in [-0.05, 0) is 25.4 Å². The van der Waals surface area contributed by atoms with Crippen molar-refractivity contribution in [2.45, 2.75) is 19.9 Å². The maximum atomic E-state index is 5.75. The van der Waals surface area contributed by atoms with E-state index >= 15 is 0 Å². The minimum Gasteiger partial charge on any atom is -0.479 e. The van der Waals surface area contributed by atoms with Crippen LogP contribution in [0.15, 0.2) is 6.20 Å². The first-order chi connectivity index (χ1) is 7.11. The van der Waals surface area contributed by atoms with Gasteiger partial charge in [-0.1, -0.05) is 0 Å². The fourth-order valence-electron chi connectivity index (χ4n) is 1.28. The van der Waals surface area contributed by atoms with Gasteiger partial charge in [-0.3, -0.25) is 4.68 Å². The molecular weight excluding hydrogens is 216 g/mol. The lowest BCUT2D eigenvalue weighted by Crippen LogP contribution is -2.00. The summed E-state index contributed by atoms with van der Waals surface area (Å²) in [7, 11) is 1.53. The van der Waals surface area contributed by atoms with Crippen LogP contribution in [-0.4, -0.2) is 26.9 Å². The van der Waals surface area contributed by atoms with E-state index in [0.717, 1.165) is 0 Å². The van der Waals surface area contributed by atoms with Gasteiger partial charge in [-0.25, -0.2) is 4.98 Å². The van der Waals surface area contributed by atoms with Crippen molar-refractivity contribution in [2.75, 3.05) is 7.11 Å². The Labute approximate surface area is 92.0 Å². The normalized spacial score (nSPS) is 11.3. The lowest BCUT2D eigenvalue weighted by Gasteiger charge is -2.02. The highest BCUT2D eigenvalue weighted by Crippen LogP contribution is 2.23. The van der Waals surface area contributed by atoms with Crippen LogP contribution >= 0.6 is 11.6 Å². The Hall–Kier alpha value is -1.36. The molecule has 5 nitrogen and oxygen atoms in total. The minimum absolute atomic E-state index is 0.169. The molecule has 0 aliphatic heterocycles. The lowest BCUT2D eigenvalue weighted by atomic mass is 10.4. The number of nitrogens with zero attached hydrogens (tertiary/aromatic N) is 4. The maximum Gasteiger partial charge on any atom is 0.246 e. The molecule has 0 saturated carbocycles. The monoisotopic (exact) mass is 226 g/mol. The van der Waals surface area contributed by atoms with Crippen LogP contribution in [-0.2, 0) is 0 Å². The second-order valence-corrected chi connectivity index (χ2v) is 3.78. The molecule has 0 aliphatic carbocycles. The molecule has 0 spiro atoms. The van der Waals surface area contributed by atoms with Gasteiger partial charge in [0.25, 0.3) is 0 Å². The highest BCUT2D eigenvalue weighted by Gasteiger charge is 2.12. The number of rotatable bonds is 2. The van der Waals surface area contributed by atoms with Gasteiger partial charge in [-0.2, -0.15) is 10.1 Å². The van der Waals surface area contributed by atoms with Crippen LogP contribution in [0.4, 0.5) is 0 Å². The molecule has 0 amide bonds. The van der Waals surface area contributed by atoms with E-state index in [0.29, 0.717) is 16.9 Å². The summed E-state index contributed by atoms with van der Waals surface area (Å²) in [4.78, 5) is 8.03. The van der Waals surface area contributed by atoms with E-state index in [9.17, 15) is 0 Å². The smallest absolute Gasteiger partial charge is 0.246 e. The first-order valence-electron chi connectivity index (χ1n) is 4.58. The van der Waals surface area contributed by atoms with E-state index in [1.165, 1.54) is 7.11 Å². The molecule has 2 heterocycles. The molecule has 15 heavy (non-hydrogen) atoms. The molecule has 0 atom stereocenters. The molecule has 6 heteroatoms. The van der Waals surface area contributed by atoms with Crippen LogP contribution < -0.4 is 4.74 Å². The Bertz CT molecular complexity index is 494. The fourth-order valence-corrected chi connectivity index (χ4v) is 1.45. The Balaban J connectivity index is 2.68. The molecule has 2 rings (SSSR count). The molecule has 0 N–H and O–H groups in total. The molecule has 0 aromatic carbocycles. The molecule has 80 valence electrons. The van der Waals surface area contributed by atoms with E-state index in [1.807, 2.05) is 20.0 Å². The molecular formula is C9H11ClN4O. The zero-order chi connectivity index (χ0) is 11.0. The summed E-state index contributed by atoms with van der Waals surface area (Å²) < 4.78 is 6.89. The van der Waals surface area contributed by atoms with Gasteiger partial charge < -0.3 is 4.74 Å². The Morgan fingerprint density at radius 3 is 2.73 bits per heavy atom. The average molecular weight is 227 g/mol. The van der Waals surface area contributed by atoms with Crippen molar-refractivity contribution < 1.29 is 4.74 Å². The lowest BCUT2D eigenvalue weighted by molar-refractivity contribution is 0.400. The second kappa shape index (κ2) is 3.66. The summed E-state index contributed by atoms with van der Waals surface area (Å²) in [6, 6.07) is 0.266. The predicted molar refractivity (Wildman–Crippen MR) is 57.3 cm³/mol. The Morgan fingerprint density at radius 1 is 1.40 bits per heavy atom.